The van der Waals surface area contributed by atoms with Crippen LogP contribution in [-0.4, -0.2) is 49.2 Å². The molecule has 1 fully saturated rings. The first-order valence-corrected chi connectivity index (χ1v) is 10.8. The molecular weight excluding hydrogens is 392 g/mol. The molecule has 1 saturated heterocycles. The van der Waals surface area contributed by atoms with Crippen molar-refractivity contribution in [3.8, 4) is 0 Å². The zero-order chi connectivity index (χ0) is 22.1. The third-order valence-corrected chi connectivity index (χ3v) is 4.98. The lowest BCUT2D eigenvalue weighted by atomic mass is 10.1. The smallest absolute Gasteiger partial charge is 0.319 e. The molecule has 0 aromatic heterocycles. The van der Waals surface area contributed by atoms with E-state index in [2.05, 4.69) is 33.0 Å². The third kappa shape index (κ3) is 8.03. The lowest BCUT2D eigenvalue weighted by Gasteiger charge is -2.33. The quantitative estimate of drug-likeness (QED) is 0.604. The summed E-state index contributed by atoms with van der Waals surface area (Å²) in [6.07, 6.45) is 0.441. The zero-order valence-corrected chi connectivity index (χ0v) is 18.3. The van der Waals surface area contributed by atoms with Crippen molar-refractivity contribution in [2.75, 3.05) is 36.9 Å². The van der Waals surface area contributed by atoms with E-state index in [1.165, 1.54) is 5.56 Å². The number of urea groups is 1. The van der Waals surface area contributed by atoms with Gasteiger partial charge in [-0.3, -0.25) is 9.69 Å². The van der Waals surface area contributed by atoms with Gasteiger partial charge in [-0.25, -0.2) is 4.79 Å². The van der Waals surface area contributed by atoms with Crippen LogP contribution in [0.3, 0.4) is 0 Å². The maximum atomic E-state index is 12.3. The molecule has 0 aliphatic carbocycles. The number of benzene rings is 2. The Morgan fingerprint density at radius 2 is 1.71 bits per heavy atom. The van der Waals surface area contributed by atoms with Crippen molar-refractivity contribution >= 4 is 23.3 Å². The van der Waals surface area contributed by atoms with Gasteiger partial charge in [0.05, 0.1) is 12.7 Å². The third-order valence-electron chi connectivity index (χ3n) is 4.98. The Balaban J connectivity index is 1.40. The standard InChI is InChI=1S/C24H32N4O3/c1-18(2)14-23(29)26-20-8-10-21(11-9-20)27-24(30)25-15-22-17-28(12-13-31-22)16-19-6-4-3-5-7-19/h3-11,18,22H,12-17H2,1-2H3,(H,26,29)(H2,25,27,30). The predicted octanol–water partition coefficient (Wildman–Crippen LogP) is 3.69. The minimum Gasteiger partial charge on any atom is -0.374 e. The number of anilines is 2. The van der Waals surface area contributed by atoms with Crippen LogP contribution < -0.4 is 16.0 Å². The van der Waals surface area contributed by atoms with Crippen molar-refractivity contribution in [2.24, 2.45) is 5.92 Å². The molecule has 31 heavy (non-hydrogen) atoms. The van der Waals surface area contributed by atoms with Gasteiger partial charge in [0.15, 0.2) is 0 Å². The van der Waals surface area contributed by atoms with Crippen LogP contribution in [0.2, 0.25) is 0 Å². The van der Waals surface area contributed by atoms with E-state index in [0.717, 1.165) is 19.6 Å². The SMILES string of the molecule is CC(C)CC(=O)Nc1ccc(NC(=O)NCC2CN(Cc3ccccc3)CCO2)cc1. The van der Waals surface area contributed by atoms with Gasteiger partial charge in [-0.2, -0.15) is 0 Å². The van der Waals surface area contributed by atoms with Crippen molar-refractivity contribution in [1.82, 2.24) is 10.2 Å². The second kappa shape index (κ2) is 11.5. The van der Waals surface area contributed by atoms with Gasteiger partial charge in [0.1, 0.15) is 0 Å². The van der Waals surface area contributed by atoms with Gasteiger partial charge in [-0.1, -0.05) is 44.2 Å². The summed E-state index contributed by atoms with van der Waals surface area (Å²) in [4.78, 5) is 26.4. The average Bonchev–Trinajstić information content (AvgIpc) is 2.74. The summed E-state index contributed by atoms with van der Waals surface area (Å²) in [5.74, 6) is 0.297. The molecule has 3 N–H and O–H groups in total. The van der Waals surface area contributed by atoms with Crippen LogP contribution in [0.1, 0.15) is 25.8 Å². The molecule has 7 nitrogen and oxygen atoms in total. The minimum absolute atomic E-state index is 0.0118. The number of carbonyl (C=O) groups is 2. The number of hydrogen-bond donors (Lipinski definition) is 3. The Morgan fingerprint density at radius 1 is 1.03 bits per heavy atom. The Morgan fingerprint density at radius 3 is 2.39 bits per heavy atom. The summed E-state index contributed by atoms with van der Waals surface area (Å²) in [6.45, 7) is 7.66. The molecule has 166 valence electrons. The summed E-state index contributed by atoms with van der Waals surface area (Å²) in [6, 6.07) is 17.2. The van der Waals surface area contributed by atoms with Crippen LogP contribution in [0.5, 0.6) is 0 Å². The maximum Gasteiger partial charge on any atom is 0.319 e. The van der Waals surface area contributed by atoms with Crippen molar-refractivity contribution in [3.05, 3.63) is 60.2 Å². The number of ether oxygens (including phenoxy) is 1. The Hall–Kier alpha value is -2.90. The molecule has 1 aliphatic rings. The second-order valence-electron chi connectivity index (χ2n) is 8.27. The molecule has 1 heterocycles. The lowest BCUT2D eigenvalue weighted by Crippen LogP contribution is -2.47. The van der Waals surface area contributed by atoms with Gasteiger partial charge in [0.25, 0.3) is 0 Å². The van der Waals surface area contributed by atoms with E-state index in [9.17, 15) is 9.59 Å². The largest absolute Gasteiger partial charge is 0.374 e. The Labute approximate surface area is 184 Å². The van der Waals surface area contributed by atoms with Crippen LogP contribution in [-0.2, 0) is 16.1 Å². The lowest BCUT2D eigenvalue weighted by molar-refractivity contribution is -0.116. The van der Waals surface area contributed by atoms with Crippen molar-refractivity contribution in [1.29, 1.82) is 0 Å². The van der Waals surface area contributed by atoms with E-state index in [-0.39, 0.29) is 18.0 Å². The van der Waals surface area contributed by atoms with Crippen LogP contribution in [0, 0.1) is 5.92 Å². The van der Waals surface area contributed by atoms with Gasteiger partial charge in [-0.15, -0.1) is 0 Å². The minimum atomic E-state index is -0.277. The fourth-order valence-electron chi connectivity index (χ4n) is 3.49. The molecule has 1 aliphatic heterocycles. The fraction of sp³-hybridized carbons (Fsp3) is 0.417. The first-order chi connectivity index (χ1) is 15.0. The van der Waals surface area contributed by atoms with Crippen LogP contribution in [0.25, 0.3) is 0 Å². The number of nitrogens with one attached hydrogen (secondary N) is 3. The van der Waals surface area contributed by atoms with E-state index in [1.807, 2.05) is 32.0 Å². The highest BCUT2D eigenvalue weighted by Gasteiger charge is 2.21. The number of rotatable bonds is 8. The first kappa shape index (κ1) is 22.8. The van der Waals surface area contributed by atoms with E-state index < -0.39 is 0 Å². The molecule has 0 radical (unpaired) electrons. The monoisotopic (exact) mass is 424 g/mol. The average molecular weight is 425 g/mol. The summed E-state index contributed by atoms with van der Waals surface area (Å²) in [5.41, 5.74) is 2.65. The van der Waals surface area contributed by atoms with Crippen LogP contribution >= 0.6 is 0 Å². The molecule has 1 atom stereocenters. The van der Waals surface area contributed by atoms with Gasteiger partial charge in [-0.05, 0) is 35.7 Å². The summed E-state index contributed by atoms with van der Waals surface area (Å²) >= 11 is 0. The van der Waals surface area contributed by atoms with E-state index in [4.69, 9.17) is 4.74 Å². The number of nitrogens with zero attached hydrogens (tertiary/aromatic N) is 1. The number of morpholine rings is 1. The van der Waals surface area contributed by atoms with E-state index in [0.29, 0.717) is 36.9 Å². The van der Waals surface area contributed by atoms with Gasteiger partial charge >= 0.3 is 6.03 Å². The molecule has 7 heteroatoms. The molecule has 2 aromatic carbocycles. The number of carbonyl (C=O) groups excluding carboxylic acids is 2. The molecule has 3 amide bonds. The predicted molar refractivity (Wildman–Crippen MR) is 123 cm³/mol. The fourth-order valence-corrected chi connectivity index (χ4v) is 3.49. The topological polar surface area (TPSA) is 82.7 Å². The first-order valence-electron chi connectivity index (χ1n) is 10.8. The van der Waals surface area contributed by atoms with Crippen LogP contribution in [0.4, 0.5) is 16.2 Å². The maximum absolute atomic E-state index is 12.3. The highest BCUT2D eigenvalue weighted by atomic mass is 16.5. The highest BCUT2D eigenvalue weighted by Crippen LogP contribution is 2.15. The molecular formula is C24H32N4O3. The molecule has 1 unspecified atom stereocenters. The molecule has 2 aromatic rings. The summed E-state index contributed by atoms with van der Waals surface area (Å²) in [7, 11) is 0. The second-order valence-corrected chi connectivity index (χ2v) is 8.27. The van der Waals surface area contributed by atoms with Crippen molar-refractivity contribution in [2.45, 2.75) is 32.9 Å². The highest BCUT2D eigenvalue weighted by molar-refractivity contribution is 5.92. The van der Waals surface area contributed by atoms with E-state index in [1.54, 1.807) is 24.3 Å². The normalized spacial score (nSPS) is 16.7. The van der Waals surface area contributed by atoms with Crippen LogP contribution in [0.15, 0.2) is 54.6 Å². The molecule has 0 saturated carbocycles. The Bertz CT molecular complexity index is 840. The zero-order valence-electron chi connectivity index (χ0n) is 18.3. The number of hydrogen-bond acceptors (Lipinski definition) is 4. The van der Waals surface area contributed by atoms with E-state index >= 15 is 0 Å². The van der Waals surface area contributed by atoms with Gasteiger partial charge in [0, 0.05) is 44.0 Å². The van der Waals surface area contributed by atoms with Gasteiger partial charge in [0.2, 0.25) is 5.91 Å². The van der Waals surface area contributed by atoms with Crippen molar-refractivity contribution in [3.63, 3.8) is 0 Å². The summed E-state index contributed by atoms with van der Waals surface area (Å²) < 4.78 is 5.80. The Kier molecular flexibility index (Phi) is 8.44. The molecule has 3 rings (SSSR count). The van der Waals surface area contributed by atoms with Gasteiger partial charge < -0.3 is 20.7 Å². The van der Waals surface area contributed by atoms with Crippen molar-refractivity contribution < 1.29 is 14.3 Å². The molecule has 0 bridgehead atoms. The molecule has 0 spiro atoms. The number of amides is 3. The summed E-state index contributed by atoms with van der Waals surface area (Å²) in [5, 5.41) is 8.55.